The maximum absolute atomic E-state index is 13.1. The standard InChI is InChI=1S/C22H22N4O2S/c1-5-15-7-6-8-16(10-15)25-17(27)11-26-14(4)24-19-18-12(2)9-13(3)23-21(18)29-20(19)22(26)28/h6-10H,5,11H2,1-4H3,(H,25,27). The molecule has 0 saturated heterocycles. The van der Waals surface area contributed by atoms with Crippen molar-refractivity contribution in [1.82, 2.24) is 14.5 Å². The fraction of sp³-hybridized carbons (Fsp3) is 0.273. The summed E-state index contributed by atoms with van der Waals surface area (Å²) in [5.74, 6) is 0.260. The van der Waals surface area contributed by atoms with Crippen LogP contribution < -0.4 is 10.9 Å². The number of rotatable bonds is 4. The summed E-state index contributed by atoms with van der Waals surface area (Å²) in [4.78, 5) is 35.7. The van der Waals surface area contributed by atoms with Crippen LogP contribution in [0.1, 0.15) is 29.6 Å². The minimum atomic E-state index is -0.254. The van der Waals surface area contributed by atoms with Crippen LogP contribution in [-0.4, -0.2) is 20.4 Å². The van der Waals surface area contributed by atoms with Gasteiger partial charge in [0.1, 0.15) is 21.9 Å². The molecule has 29 heavy (non-hydrogen) atoms. The molecule has 3 aromatic heterocycles. The van der Waals surface area contributed by atoms with Crippen LogP contribution in [0.2, 0.25) is 0 Å². The number of hydrogen-bond acceptors (Lipinski definition) is 5. The van der Waals surface area contributed by atoms with Gasteiger partial charge in [-0.05, 0) is 56.5 Å². The number of pyridine rings is 1. The minimum absolute atomic E-state index is 0.0797. The van der Waals surface area contributed by atoms with Gasteiger partial charge in [-0.1, -0.05) is 19.1 Å². The Kier molecular flexibility index (Phi) is 4.92. The van der Waals surface area contributed by atoms with E-state index < -0.39 is 0 Å². The Morgan fingerprint density at radius 2 is 1.97 bits per heavy atom. The van der Waals surface area contributed by atoms with Crippen molar-refractivity contribution in [2.75, 3.05) is 5.32 Å². The van der Waals surface area contributed by atoms with Crippen LogP contribution in [0.4, 0.5) is 5.69 Å². The van der Waals surface area contributed by atoms with Crippen LogP contribution in [0.3, 0.4) is 0 Å². The molecule has 0 unspecified atom stereocenters. The van der Waals surface area contributed by atoms with E-state index in [2.05, 4.69) is 22.2 Å². The maximum Gasteiger partial charge on any atom is 0.272 e. The molecule has 0 bridgehead atoms. The van der Waals surface area contributed by atoms with E-state index in [0.717, 1.165) is 39.1 Å². The number of carbonyl (C=O) groups is 1. The van der Waals surface area contributed by atoms with Crippen LogP contribution >= 0.6 is 11.3 Å². The SMILES string of the molecule is CCc1cccc(NC(=O)Cn2c(C)nc3c(sc4nc(C)cc(C)c43)c2=O)c1. The number of nitrogens with zero attached hydrogens (tertiary/aromatic N) is 3. The van der Waals surface area contributed by atoms with Gasteiger partial charge in [-0.25, -0.2) is 9.97 Å². The van der Waals surface area contributed by atoms with Crippen LogP contribution in [0.5, 0.6) is 0 Å². The number of aryl methyl sites for hydroxylation is 4. The summed E-state index contributed by atoms with van der Waals surface area (Å²) >= 11 is 1.34. The predicted molar refractivity (Wildman–Crippen MR) is 118 cm³/mol. The molecule has 3 heterocycles. The molecule has 0 aliphatic carbocycles. The van der Waals surface area contributed by atoms with Gasteiger partial charge in [0, 0.05) is 16.8 Å². The van der Waals surface area contributed by atoms with Crippen molar-refractivity contribution in [3.8, 4) is 0 Å². The molecular weight excluding hydrogens is 384 g/mol. The summed E-state index contributed by atoms with van der Waals surface area (Å²) < 4.78 is 1.96. The van der Waals surface area contributed by atoms with E-state index in [4.69, 9.17) is 0 Å². The molecular formula is C22H22N4O2S. The molecule has 148 valence electrons. The molecule has 6 nitrogen and oxygen atoms in total. The van der Waals surface area contributed by atoms with Gasteiger partial charge in [0.15, 0.2) is 0 Å². The average molecular weight is 407 g/mol. The lowest BCUT2D eigenvalue weighted by atomic mass is 10.1. The Bertz CT molecular complexity index is 1320. The predicted octanol–water partition coefficient (Wildman–Crippen LogP) is 4.13. The lowest BCUT2D eigenvalue weighted by molar-refractivity contribution is -0.116. The molecule has 4 aromatic rings. The molecule has 0 radical (unpaired) electrons. The Morgan fingerprint density at radius 3 is 2.72 bits per heavy atom. The molecule has 1 amide bonds. The molecule has 1 aromatic carbocycles. The lowest BCUT2D eigenvalue weighted by Crippen LogP contribution is -2.29. The molecule has 0 aliphatic rings. The second-order valence-electron chi connectivity index (χ2n) is 7.19. The summed E-state index contributed by atoms with van der Waals surface area (Å²) in [7, 11) is 0. The largest absolute Gasteiger partial charge is 0.325 e. The summed E-state index contributed by atoms with van der Waals surface area (Å²) in [6, 6.07) is 9.71. The highest BCUT2D eigenvalue weighted by molar-refractivity contribution is 7.25. The zero-order chi connectivity index (χ0) is 20.7. The van der Waals surface area contributed by atoms with E-state index in [1.165, 1.54) is 15.9 Å². The third kappa shape index (κ3) is 3.53. The van der Waals surface area contributed by atoms with Gasteiger partial charge in [0.2, 0.25) is 5.91 Å². The highest BCUT2D eigenvalue weighted by Crippen LogP contribution is 2.32. The van der Waals surface area contributed by atoms with Gasteiger partial charge in [-0.2, -0.15) is 0 Å². The molecule has 0 spiro atoms. The summed E-state index contributed by atoms with van der Waals surface area (Å²) in [6.45, 7) is 7.68. The van der Waals surface area contributed by atoms with Crippen molar-refractivity contribution < 1.29 is 4.79 Å². The Balaban J connectivity index is 1.72. The second-order valence-corrected chi connectivity index (χ2v) is 8.19. The van der Waals surface area contributed by atoms with Gasteiger partial charge >= 0.3 is 0 Å². The highest BCUT2D eigenvalue weighted by Gasteiger charge is 2.18. The Morgan fingerprint density at radius 1 is 1.17 bits per heavy atom. The zero-order valence-corrected chi connectivity index (χ0v) is 17.7. The van der Waals surface area contributed by atoms with Crippen LogP contribution in [0.25, 0.3) is 20.4 Å². The number of aromatic nitrogens is 3. The summed E-state index contributed by atoms with van der Waals surface area (Å²) in [5.41, 5.74) is 4.30. The van der Waals surface area contributed by atoms with Gasteiger partial charge in [-0.3, -0.25) is 14.2 Å². The third-order valence-electron chi connectivity index (χ3n) is 4.99. The molecule has 1 N–H and O–H groups in total. The summed E-state index contributed by atoms with van der Waals surface area (Å²) in [6.07, 6.45) is 0.891. The number of fused-ring (bicyclic) bond motifs is 3. The van der Waals surface area contributed by atoms with Crippen molar-refractivity contribution in [3.63, 3.8) is 0 Å². The molecule has 4 rings (SSSR count). The molecule has 0 fully saturated rings. The highest BCUT2D eigenvalue weighted by atomic mass is 32.1. The van der Waals surface area contributed by atoms with Crippen molar-refractivity contribution in [2.45, 2.75) is 40.7 Å². The quantitative estimate of drug-likeness (QED) is 0.553. The lowest BCUT2D eigenvalue weighted by Gasteiger charge is -2.11. The number of anilines is 1. The number of carbonyl (C=O) groups excluding carboxylic acids is 1. The first-order valence-electron chi connectivity index (χ1n) is 9.54. The van der Waals surface area contributed by atoms with E-state index in [0.29, 0.717) is 16.0 Å². The van der Waals surface area contributed by atoms with Crippen molar-refractivity contribution in [3.05, 3.63) is 63.3 Å². The number of benzene rings is 1. The average Bonchev–Trinajstić information content (AvgIpc) is 3.03. The van der Waals surface area contributed by atoms with Crippen LogP contribution in [-0.2, 0) is 17.8 Å². The van der Waals surface area contributed by atoms with Gasteiger partial charge < -0.3 is 5.32 Å². The maximum atomic E-state index is 13.1. The molecule has 0 aliphatic heterocycles. The Labute approximate surface area is 172 Å². The smallest absolute Gasteiger partial charge is 0.272 e. The van der Waals surface area contributed by atoms with Gasteiger partial charge in [0.05, 0.1) is 5.52 Å². The van der Waals surface area contributed by atoms with Crippen LogP contribution in [0.15, 0.2) is 35.1 Å². The van der Waals surface area contributed by atoms with Gasteiger partial charge in [-0.15, -0.1) is 11.3 Å². The zero-order valence-electron chi connectivity index (χ0n) is 16.9. The monoisotopic (exact) mass is 406 g/mol. The van der Waals surface area contributed by atoms with Crippen LogP contribution in [0, 0.1) is 20.8 Å². The van der Waals surface area contributed by atoms with E-state index in [1.807, 2.05) is 44.2 Å². The fourth-order valence-electron chi connectivity index (χ4n) is 3.57. The molecule has 7 heteroatoms. The van der Waals surface area contributed by atoms with E-state index >= 15 is 0 Å². The normalized spacial score (nSPS) is 11.3. The van der Waals surface area contributed by atoms with Gasteiger partial charge in [0.25, 0.3) is 5.56 Å². The summed E-state index contributed by atoms with van der Waals surface area (Å²) in [5, 5.41) is 3.80. The minimum Gasteiger partial charge on any atom is -0.325 e. The fourth-order valence-corrected chi connectivity index (χ4v) is 4.75. The first-order chi connectivity index (χ1) is 13.9. The number of hydrogen-bond donors (Lipinski definition) is 1. The Hall–Kier alpha value is -3.06. The second kappa shape index (κ2) is 7.40. The number of nitrogens with one attached hydrogen (secondary N) is 1. The molecule has 0 atom stereocenters. The third-order valence-corrected chi connectivity index (χ3v) is 6.05. The van der Waals surface area contributed by atoms with Crippen molar-refractivity contribution in [1.29, 1.82) is 0 Å². The van der Waals surface area contributed by atoms with E-state index in [9.17, 15) is 9.59 Å². The first kappa shape index (κ1) is 19.3. The number of amides is 1. The topological polar surface area (TPSA) is 76.9 Å². The van der Waals surface area contributed by atoms with Crippen molar-refractivity contribution >= 4 is 43.4 Å². The number of thiophene rings is 1. The van der Waals surface area contributed by atoms with Crippen molar-refractivity contribution in [2.24, 2.45) is 0 Å². The van der Waals surface area contributed by atoms with E-state index in [-0.39, 0.29) is 18.0 Å². The first-order valence-corrected chi connectivity index (χ1v) is 10.4. The van der Waals surface area contributed by atoms with E-state index in [1.54, 1.807) is 6.92 Å². The molecule has 0 saturated carbocycles.